The SMILES string of the molecule is Nc1cccc2c(N(CCO)C3CCC3)ccnc12. The second-order valence-corrected chi connectivity index (χ2v) is 5.08. The van der Waals surface area contributed by atoms with Crippen LogP contribution in [0.2, 0.25) is 0 Å². The molecule has 4 heteroatoms. The Bertz CT molecular complexity index is 581. The van der Waals surface area contributed by atoms with Crippen LogP contribution in [0.4, 0.5) is 11.4 Å². The summed E-state index contributed by atoms with van der Waals surface area (Å²) in [5.74, 6) is 0. The van der Waals surface area contributed by atoms with Crippen molar-refractivity contribution in [3.8, 4) is 0 Å². The molecule has 1 aromatic heterocycles. The van der Waals surface area contributed by atoms with Gasteiger partial charge >= 0.3 is 0 Å². The summed E-state index contributed by atoms with van der Waals surface area (Å²) in [4.78, 5) is 6.67. The molecule has 1 aliphatic carbocycles. The van der Waals surface area contributed by atoms with Crippen molar-refractivity contribution in [2.45, 2.75) is 25.3 Å². The van der Waals surface area contributed by atoms with E-state index in [1.807, 2.05) is 18.2 Å². The number of para-hydroxylation sites is 1. The molecule has 1 aliphatic rings. The highest BCUT2D eigenvalue weighted by atomic mass is 16.3. The topological polar surface area (TPSA) is 62.4 Å². The smallest absolute Gasteiger partial charge is 0.0951 e. The van der Waals surface area contributed by atoms with Crippen LogP contribution < -0.4 is 10.6 Å². The molecule has 1 fully saturated rings. The van der Waals surface area contributed by atoms with Crippen LogP contribution in [0.5, 0.6) is 0 Å². The molecule has 1 aromatic carbocycles. The summed E-state index contributed by atoms with van der Waals surface area (Å²) in [6, 6.07) is 8.45. The minimum absolute atomic E-state index is 0.169. The average Bonchev–Trinajstić information content (AvgIpc) is 2.36. The van der Waals surface area contributed by atoms with Crippen molar-refractivity contribution in [2.75, 3.05) is 23.8 Å². The maximum Gasteiger partial charge on any atom is 0.0951 e. The number of anilines is 2. The molecule has 0 unspecified atom stereocenters. The highest BCUT2D eigenvalue weighted by molar-refractivity contribution is 5.98. The Morgan fingerprint density at radius 1 is 1.32 bits per heavy atom. The quantitative estimate of drug-likeness (QED) is 0.824. The predicted octanol–water partition coefficient (Wildman–Crippen LogP) is 2.17. The van der Waals surface area contributed by atoms with Crippen molar-refractivity contribution >= 4 is 22.3 Å². The van der Waals surface area contributed by atoms with Gasteiger partial charge in [0.05, 0.1) is 17.8 Å². The van der Waals surface area contributed by atoms with Crippen molar-refractivity contribution in [2.24, 2.45) is 0 Å². The van der Waals surface area contributed by atoms with Gasteiger partial charge in [0.1, 0.15) is 0 Å². The molecular weight excluding hydrogens is 238 g/mol. The second kappa shape index (κ2) is 5.05. The zero-order chi connectivity index (χ0) is 13.2. The summed E-state index contributed by atoms with van der Waals surface area (Å²) < 4.78 is 0. The number of fused-ring (bicyclic) bond motifs is 1. The van der Waals surface area contributed by atoms with Crippen LogP contribution in [0.3, 0.4) is 0 Å². The lowest BCUT2D eigenvalue weighted by Crippen LogP contribution is -2.42. The Morgan fingerprint density at radius 2 is 2.16 bits per heavy atom. The van der Waals surface area contributed by atoms with E-state index in [9.17, 15) is 5.11 Å². The highest BCUT2D eigenvalue weighted by Crippen LogP contribution is 2.34. The van der Waals surface area contributed by atoms with Crippen LogP contribution >= 0.6 is 0 Å². The number of aliphatic hydroxyl groups excluding tert-OH is 1. The van der Waals surface area contributed by atoms with Crippen molar-refractivity contribution in [3.63, 3.8) is 0 Å². The molecule has 0 atom stereocenters. The van der Waals surface area contributed by atoms with E-state index >= 15 is 0 Å². The van der Waals surface area contributed by atoms with Crippen molar-refractivity contribution in [1.29, 1.82) is 0 Å². The van der Waals surface area contributed by atoms with Crippen molar-refractivity contribution < 1.29 is 5.11 Å². The first-order valence-electron chi connectivity index (χ1n) is 6.82. The molecule has 1 heterocycles. The molecule has 1 saturated carbocycles. The molecule has 0 spiro atoms. The molecule has 0 bridgehead atoms. The molecule has 0 radical (unpaired) electrons. The molecule has 19 heavy (non-hydrogen) atoms. The van der Waals surface area contributed by atoms with Gasteiger partial charge in [-0.2, -0.15) is 0 Å². The van der Waals surface area contributed by atoms with Gasteiger partial charge in [-0.05, 0) is 31.4 Å². The molecular formula is C15H19N3O. The van der Waals surface area contributed by atoms with Gasteiger partial charge < -0.3 is 15.7 Å². The highest BCUT2D eigenvalue weighted by Gasteiger charge is 2.26. The standard InChI is InChI=1S/C15H19N3O/c16-13-6-2-5-12-14(7-8-17-15(12)13)18(9-10-19)11-3-1-4-11/h2,5-8,11,19H,1,3-4,9-10,16H2. The van der Waals surface area contributed by atoms with E-state index in [1.165, 1.54) is 19.3 Å². The number of nitrogens with two attached hydrogens (primary N) is 1. The lowest BCUT2D eigenvalue weighted by Gasteiger charge is -2.39. The van der Waals surface area contributed by atoms with Gasteiger partial charge in [0.25, 0.3) is 0 Å². The number of benzene rings is 1. The van der Waals surface area contributed by atoms with E-state index in [1.54, 1.807) is 6.20 Å². The maximum atomic E-state index is 9.31. The number of hydrogen-bond acceptors (Lipinski definition) is 4. The fourth-order valence-electron chi connectivity index (χ4n) is 2.74. The summed E-state index contributed by atoms with van der Waals surface area (Å²) in [6.45, 7) is 0.835. The Balaban J connectivity index is 2.09. The molecule has 2 aromatic rings. The summed E-state index contributed by atoms with van der Waals surface area (Å²) in [7, 11) is 0. The van der Waals surface area contributed by atoms with E-state index in [0.29, 0.717) is 18.3 Å². The minimum atomic E-state index is 0.169. The van der Waals surface area contributed by atoms with Gasteiger partial charge in [-0.25, -0.2) is 0 Å². The monoisotopic (exact) mass is 257 g/mol. The first-order valence-corrected chi connectivity index (χ1v) is 6.82. The number of rotatable bonds is 4. The van der Waals surface area contributed by atoms with Gasteiger partial charge in [0.2, 0.25) is 0 Å². The Labute approximate surface area is 112 Å². The largest absolute Gasteiger partial charge is 0.397 e. The normalized spacial score (nSPS) is 15.4. The third-order valence-electron chi connectivity index (χ3n) is 3.95. The molecule has 3 rings (SSSR count). The van der Waals surface area contributed by atoms with Gasteiger partial charge in [0.15, 0.2) is 0 Å². The second-order valence-electron chi connectivity index (χ2n) is 5.08. The van der Waals surface area contributed by atoms with Crippen LogP contribution in [0.1, 0.15) is 19.3 Å². The van der Waals surface area contributed by atoms with Gasteiger partial charge in [-0.1, -0.05) is 12.1 Å². The Hall–Kier alpha value is -1.81. The van der Waals surface area contributed by atoms with E-state index in [0.717, 1.165) is 16.6 Å². The Morgan fingerprint density at radius 3 is 2.84 bits per heavy atom. The van der Waals surface area contributed by atoms with Crippen LogP contribution in [0.25, 0.3) is 10.9 Å². The maximum absolute atomic E-state index is 9.31. The van der Waals surface area contributed by atoms with Crippen LogP contribution in [-0.4, -0.2) is 29.3 Å². The fraction of sp³-hybridized carbons (Fsp3) is 0.400. The van der Waals surface area contributed by atoms with Crippen LogP contribution in [-0.2, 0) is 0 Å². The van der Waals surface area contributed by atoms with Crippen molar-refractivity contribution in [1.82, 2.24) is 4.98 Å². The van der Waals surface area contributed by atoms with E-state index < -0.39 is 0 Å². The first kappa shape index (κ1) is 12.2. The summed E-state index contributed by atoms with van der Waals surface area (Å²) in [5, 5.41) is 10.4. The molecule has 3 N–H and O–H groups in total. The lowest BCUT2D eigenvalue weighted by molar-refractivity contribution is 0.284. The number of pyridine rings is 1. The molecule has 0 amide bonds. The molecule has 0 aliphatic heterocycles. The number of aromatic nitrogens is 1. The molecule has 100 valence electrons. The summed E-state index contributed by atoms with van der Waals surface area (Å²) in [6.07, 6.45) is 5.48. The summed E-state index contributed by atoms with van der Waals surface area (Å²) in [5.41, 5.74) is 8.68. The van der Waals surface area contributed by atoms with Gasteiger partial charge in [-0.15, -0.1) is 0 Å². The number of aliphatic hydroxyl groups is 1. The third-order valence-corrected chi connectivity index (χ3v) is 3.95. The third kappa shape index (κ3) is 2.12. The molecule has 4 nitrogen and oxygen atoms in total. The average molecular weight is 257 g/mol. The van der Waals surface area contributed by atoms with Gasteiger partial charge in [-0.3, -0.25) is 4.98 Å². The number of nitrogen functional groups attached to an aromatic ring is 1. The zero-order valence-corrected chi connectivity index (χ0v) is 10.9. The van der Waals surface area contributed by atoms with E-state index in [4.69, 9.17) is 5.73 Å². The van der Waals surface area contributed by atoms with E-state index in [-0.39, 0.29) is 6.61 Å². The fourth-order valence-corrected chi connectivity index (χ4v) is 2.74. The Kier molecular flexibility index (Phi) is 3.25. The molecule has 0 saturated heterocycles. The number of hydrogen-bond donors (Lipinski definition) is 2. The van der Waals surface area contributed by atoms with Crippen LogP contribution in [0, 0.1) is 0 Å². The minimum Gasteiger partial charge on any atom is -0.397 e. The predicted molar refractivity (Wildman–Crippen MR) is 78.2 cm³/mol. The van der Waals surface area contributed by atoms with Crippen molar-refractivity contribution in [3.05, 3.63) is 30.5 Å². The van der Waals surface area contributed by atoms with E-state index in [2.05, 4.69) is 16.0 Å². The van der Waals surface area contributed by atoms with Crippen LogP contribution in [0.15, 0.2) is 30.5 Å². The number of nitrogens with zero attached hydrogens (tertiary/aromatic N) is 2. The zero-order valence-electron chi connectivity index (χ0n) is 10.9. The lowest BCUT2D eigenvalue weighted by atomic mass is 9.90. The van der Waals surface area contributed by atoms with Gasteiger partial charge in [0, 0.05) is 29.9 Å². The first-order chi connectivity index (χ1) is 9.31. The summed E-state index contributed by atoms with van der Waals surface area (Å²) >= 11 is 0.